The highest BCUT2D eigenvalue weighted by Crippen LogP contribution is 2.09. The second-order valence-corrected chi connectivity index (χ2v) is 4.22. The van der Waals surface area contributed by atoms with Gasteiger partial charge in [-0.25, -0.2) is 0 Å². The van der Waals surface area contributed by atoms with Crippen molar-refractivity contribution in [2.45, 2.75) is 19.6 Å². The number of ether oxygens (including phenoxy) is 1. The van der Waals surface area contributed by atoms with Crippen molar-refractivity contribution in [1.29, 1.82) is 0 Å². The molecule has 1 atom stereocenters. The molecule has 1 N–H and O–H groups in total. The lowest BCUT2D eigenvalue weighted by molar-refractivity contribution is 0.0698. The number of aromatic nitrogens is 1. The van der Waals surface area contributed by atoms with E-state index in [2.05, 4.69) is 17.4 Å². The van der Waals surface area contributed by atoms with Gasteiger partial charge in [0.1, 0.15) is 6.61 Å². The lowest BCUT2D eigenvalue weighted by Crippen LogP contribution is -2.51. The van der Waals surface area contributed by atoms with Crippen molar-refractivity contribution in [3.05, 3.63) is 17.5 Å². The number of hydrogen-bond acceptors (Lipinski definition) is 5. The maximum absolute atomic E-state index is 12.1. The van der Waals surface area contributed by atoms with E-state index in [0.717, 1.165) is 6.54 Å². The van der Waals surface area contributed by atoms with Crippen LogP contribution in [0.15, 0.2) is 10.6 Å². The Morgan fingerprint density at radius 3 is 3.17 bits per heavy atom. The predicted molar refractivity (Wildman–Crippen MR) is 67.8 cm³/mol. The number of carbonyl (C=O) groups is 1. The number of carbonyl (C=O) groups excluding carboxylic acids is 1. The first-order valence-corrected chi connectivity index (χ1v) is 5.68. The minimum Gasteiger partial charge on any atom is -0.377 e. The van der Waals surface area contributed by atoms with Gasteiger partial charge in [-0.2, -0.15) is 0 Å². The summed E-state index contributed by atoms with van der Waals surface area (Å²) in [5.41, 5.74) is 0.353. The molecule has 1 amide bonds. The van der Waals surface area contributed by atoms with Crippen LogP contribution in [0.5, 0.6) is 0 Å². The minimum atomic E-state index is -0.0792. The zero-order chi connectivity index (χ0) is 12.3. The monoisotopic (exact) mass is 275 g/mol. The second-order valence-electron chi connectivity index (χ2n) is 4.22. The van der Waals surface area contributed by atoms with Gasteiger partial charge in [0, 0.05) is 38.9 Å². The molecule has 1 aromatic rings. The van der Waals surface area contributed by atoms with Gasteiger partial charge in [-0.3, -0.25) is 4.79 Å². The van der Waals surface area contributed by atoms with E-state index in [0.29, 0.717) is 37.2 Å². The third kappa shape index (κ3) is 3.44. The predicted octanol–water partition coefficient (Wildman–Crippen LogP) is 0.677. The average molecular weight is 276 g/mol. The lowest BCUT2D eigenvalue weighted by Gasteiger charge is -2.31. The number of rotatable bonds is 3. The maximum atomic E-state index is 12.1. The number of piperazine rings is 1. The Labute approximate surface area is 112 Å². The molecule has 0 aromatic carbocycles. The highest BCUT2D eigenvalue weighted by Gasteiger charge is 2.24. The van der Waals surface area contributed by atoms with E-state index in [-0.39, 0.29) is 18.3 Å². The van der Waals surface area contributed by atoms with E-state index in [1.807, 2.05) is 0 Å². The molecule has 0 bridgehead atoms. The molecule has 1 aliphatic heterocycles. The molecule has 7 heteroatoms. The van der Waals surface area contributed by atoms with Crippen molar-refractivity contribution in [3.8, 4) is 0 Å². The molecule has 102 valence electrons. The van der Waals surface area contributed by atoms with Gasteiger partial charge in [0.25, 0.3) is 5.91 Å². The molecule has 0 radical (unpaired) electrons. The molecule has 1 aliphatic rings. The number of nitrogens with zero attached hydrogens (tertiary/aromatic N) is 2. The van der Waals surface area contributed by atoms with Crippen LogP contribution in [-0.4, -0.2) is 48.7 Å². The molecule has 1 saturated heterocycles. The standard InChI is InChI=1S/C11H17N3O3.ClH/c1-8-6-14(4-3-12-8)11(15)10-5-9(7-16-2)17-13-10;/h5,8,12H,3-4,6-7H2,1-2H3;1H/t8-;/m0./s1. The Bertz CT molecular complexity index is 397. The molecule has 18 heavy (non-hydrogen) atoms. The molecule has 1 fully saturated rings. The Kier molecular flexibility index (Phi) is 5.58. The number of hydrogen-bond donors (Lipinski definition) is 1. The van der Waals surface area contributed by atoms with Crippen molar-refractivity contribution in [3.63, 3.8) is 0 Å². The maximum Gasteiger partial charge on any atom is 0.276 e. The van der Waals surface area contributed by atoms with Gasteiger partial charge in [-0.1, -0.05) is 5.16 Å². The number of nitrogens with one attached hydrogen (secondary N) is 1. The van der Waals surface area contributed by atoms with E-state index >= 15 is 0 Å². The van der Waals surface area contributed by atoms with Gasteiger partial charge in [0.2, 0.25) is 0 Å². The third-order valence-electron chi connectivity index (χ3n) is 2.72. The molecule has 0 aliphatic carbocycles. The average Bonchev–Trinajstić information content (AvgIpc) is 2.77. The lowest BCUT2D eigenvalue weighted by atomic mass is 10.2. The second kappa shape index (κ2) is 6.72. The zero-order valence-electron chi connectivity index (χ0n) is 10.5. The molecule has 2 heterocycles. The first kappa shape index (κ1) is 14.9. The fourth-order valence-corrected chi connectivity index (χ4v) is 1.90. The van der Waals surface area contributed by atoms with Crippen molar-refractivity contribution in [1.82, 2.24) is 15.4 Å². The Morgan fingerprint density at radius 2 is 2.50 bits per heavy atom. The fraction of sp³-hybridized carbons (Fsp3) is 0.636. The van der Waals surface area contributed by atoms with Gasteiger partial charge >= 0.3 is 0 Å². The molecule has 0 spiro atoms. The summed E-state index contributed by atoms with van der Waals surface area (Å²) in [5, 5.41) is 7.05. The van der Waals surface area contributed by atoms with Crippen molar-refractivity contribution < 1.29 is 14.1 Å². The van der Waals surface area contributed by atoms with Gasteiger partial charge in [-0.15, -0.1) is 12.4 Å². The van der Waals surface area contributed by atoms with Gasteiger partial charge in [0.05, 0.1) is 0 Å². The van der Waals surface area contributed by atoms with Crippen LogP contribution in [0, 0.1) is 0 Å². The molecule has 2 rings (SSSR count). The summed E-state index contributed by atoms with van der Waals surface area (Å²) in [7, 11) is 1.57. The third-order valence-corrected chi connectivity index (χ3v) is 2.72. The quantitative estimate of drug-likeness (QED) is 0.878. The van der Waals surface area contributed by atoms with Gasteiger partial charge in [0.15, 0.2) is 11.5 Å². The van der Waals surface area contributed by atoms with Crippen LogP contribution in [0.1, 0.15) is 23.2 Å². The summed E-state index contributed by atoms with van der Waals surface area (Å²) in [6.45, 7) is 4.60. The van der Waals surface area contributed by atoms with Crippen molar-refractivity contribution in [2.24, 2.45) is 0 Å². The Balaban J connectivity index is 0.00000162. The fourth-order valence-electron chi connectivity index (χ4n) is 1.90. The molecule has 0 saturated carbocycles. The van der Waals surface area contributed by atoms with Crippen LogP contribution in [0.3, 0.4) is 0 Å². The first-order valence-electron chi connectivity index (χ1n) is 5.68. The summed E-state index contributed by atoms with van der Waals surface area (Å²) in [5.74, 6) is 0.489. The summed E-state index contributed by atoms with van der Waals surface area (Å²) in [6, 6.07) is 1.96. The summed E-state index contributed by atoms with van der Waals surface area (Å²) < 4.78 is 9.92. The van der Waals surface area contributed by atoms with Crippen molar-refractivity contribution in [2.75, 3.05) is 26.7 Å². The van der Waals surface area contributed by atoms with Crippen LogP contribution < -0.4 is 5.32 Å². The normalized spacial score (nSPS) is 19.4. The number of methoxy groups -OCH3 is 1. The Hall–Kier alpha value is -1.11. The van der Waals surface area contributed by atoms with Crippen LogP contribution in [-0.2, 0) is 11.3 Å². The van der Waals surface area contributed by atoms with Crippen molar-refractivity contribution >= 4 is 18.3 Å². The minimum absolute atomic E-state index is 0. The summed E-state index contributed by atoms with van der Waals surface area (Å²) in [4.78, 5) is 13.9. The van der Waals surface area contributed by atoms with Crippen LogP contribution in [0.4, 0.5) is 0 Å². The van der Waals surface area contributed by atoms with E-state index in [1.165, 1.54) is 0 Å². The zero-order valence-corrected chi connectivity index (χ0v) is 11.3. The molecular weight excluding hydrogens is 258 g/mol. The molecular formula is C11H18ClN3O3. The summed E-state index contributed by atoms with van der Waals surface area (Å²) >= 11 is 0. The SMILES string of the molecule is COCc1cc(C(=O)N2CCN[C@@H](C)C2)no1.Cl. The highest BCUT2D eigenvalue weighted by molar-refractivity contribution is 5.92. The highest BCUT2D eigenvalue weighted by atomic mass is 35.5. The number of halogens is 1. The Morgan fingerprint density at radius 1 is 1.72 bits per heavy atom. The molecule has 1 aromatic heterocycles. The molecule has 0 unspecified atom stereocenters. The van der Waals surface area contributed by atoms with E-state index in [9.17, 15) is 4.79 Å². The van der Waals surface area contributed by atoms with E-state index in [1.54, 1.807) is 18.1 Å². The van der Waals surface area contributed by atoms with E-state index in [4.69, 9.17) is 9.26 Å². The number of amides is 1. The largest absolute Gasteiger partial charge is 0.377 e. The molecule has 6 nitrogen and oxygen atoms in total. The summed E-state index contributed by atoms with van der Waals surface area (Å²) in [6.07, 6.45) is 0. The van der Waals surface area contributed by atoms with Gasteiger partial charge < -0.3 is 19.5 Å². The van der Waals surface area contributed by atoms with Gasteiger partial charge in [-0.05, 0) is 6.92 Å². The first-order chi connectivity index (χ1) is 8.20. The van der Waals surface area contributed by atoms with Crippen LogP contribution >= 0.6 is 12.4 Å². The topological polar surface area (TPSA) is 67.6 Å². The van der Waals surface area contributed by atoms with E-state index < -0.39 is 0 Å². The smallest absolute Gasteiger partial charge is 0.276 e. The van der Waals surface area contributed by atoms with Crippen LogP contribution in [0.2, 0.25) is 0 Å². The van der Waals surface area contributed by atoms with Crippen LogP contribution in [0.25, 0.3) is 0 Å².